The predicted octanol–water partition coefficient (Wildman–Crippen LogP) is 1.96. The number of rotatable bonds is 6. The van der Waals surface area contributed by atoms with Gasteiger partial charge in [0, 0.05) is 12.7 Å². The fourth-order valence-corrected chi connectivity index (χ4v) is 1.82. The number of hydroxylamine groups is 1. The van der Waals surface area contributed by atoms with Crippen LogP contribution in [0.5, 0.6) is 5.88 Å². The molecule has 0 unspecified atom stereocenters. The van der Waals surface area contributed by atoms with E-state index in [0.717, 1.165) is 16.8 Å². The number of hydrogen-bond donors (Lipinski definition) is 1. The van der Waals surface area contributed by atoms with Crippen molar-refractivity contribution in [1.29, 1.82) is 0 Å². The number of nitrogens with zero attached hydrogens (tertiary/aromatic N) is 2. The predicted molar refractivity (Wildman–Crippen MR) is 72.6 cm³/mol. The molecule has 0 spiro atoms. The number of methoxy groups -OCH3 is 1. The number of nitrogens with one attached hydrogen (secondary N) is 1. The van der Waals surface area contributed by atoms with Crippen molar-refractivity contribution in [2.45, 2.75) is 20.1 Å². The van der Waals surface area contributed by atoms with E-state index in [1.54, 1.807) is 11.8 Å². The Hall–Kier alpha value is -1.85. The Bertz CT molecular complexity index is 523. The van der Waals surface area contributed by atoms with Gasteiger partial charge in [-0.25, -0.2) is 0 Å². The summed E-state index contributed by atoms with van der Waals surface area (Å²) in [7, 11) is 3.52. The van der Waals surface area contributed by atoms with Gasteiger partial charge in [-0.05, 0) is 12.5 Å². The summed E-state index contributed by atoms with van der Waals surface area (Å²) in [6.07, 6.45) is 0. The Morgan fingerprint density at radius 1 is 1.26 bits per heavy atom. The zero-order chi connectivity index (χ0) is 13.7. The normalized spacial score (nSPS) is 10.7. The molecule has 2 rings (SSSR count). The summed E-state index contributed by atoms with van der Waals surface area (Å²) in [6, 6.07) is 10.0. The zero-order valence-corrected chi connectivity index (χ0v) is 11.5. The smallest absolute Gasteiger partial charge is 0.237 e. The molecule has 0 aliphatic carbocycles. The zero-order valence-electron chi connectivity index (χ0n) is 11.5. The first-order valence-electron chi connectivity index (χ1n) is 6.17. The van der Waals surface area contributed by atoms with Crippen LogP contribution < -0.4 is 10.2 Å². The molecule has 2 aromatic rings. The van der Waals surface area contributed by atoms with E-state index in [9.17, 15) is 0 Å². The summed E-state index contributed by atoms with van der Waals surface area (Å²) < 4.78 is 7.03. The van der Waals surface area contributed by atoms with Crippen LogP contribution in [0.4, 0.5) is 0 Å². The minimum Gasteiger partial charge on any atom is -0.480 e. The molecule has 0 amide bonds. The molecule has 1 aromatic carbocycles. The third-order valence-electron chi connectivity index (χ3n) is 3.05. The molecule has 0 fully saturated rings. The summed E-state index contributed by atoms with van der Waals surface area (Å²) in [5.74, 6) is 0.635. The molecule has 1 N–H and O–H groups in total. The van der Waals surface area contributed by atoms with Gasteiger partial charge in [0.2, 0.25) is 5.88 Å². The van der Waals surface area contributed by atoms with Gasteiger partial charge in [-0.1, -0.05) is 30.3 Å². The molecule has 0 aliphatic heterocycles. The van der Waals surface area contributed by atoms with E-state index >= 15 is 0 Å². The first kappa shape index (κ1) is 13.6. The Kier molecular flexibility index (Phi) is 4.54. The molecule has 0 aliphatic rings. The second-order valence-corrected chi connectivity index (χ2v) is 4.29. The molecule has 5 nitrogen and oxygen atoms in total. The summed E-state index contributed by atoms with van der Waals surface area (Å²) in [5.41, 5.74) is 6.15. The highest BCUT2D eigenvalue weighted by Gasteiger charge is 2.12. The van der Waals surface area contributed by atoms with Crippen LogP contribution in [0.3, 0.4) is 0 Å². The Morgan fingerprint density at radius 2 is 2.00 bits per heavy atom. The Labute approximate surface area is 113 Å². The van der Waals surface area contributed by atoms with E-state index in [-0.39, 0.29) is 0 Å². The van der Waals surface area contributed by atoms with E-state index in [1.165, 1.54) is 0 Å². The standard InChI is InChI=1S/C14H19N3O2/c1-11-13(14(18-3)16-17(11)2)9-15-19-10-12-7-5-4-6-8-12/h4-8,15H,9-10H2,1-3H3. The van der Waals surface area contributed by atoms with Crippen molar-refractivity contribution in [3.63, 3.8) is 0 Å². The topological polar surface area (TPSA) is 48.3 Å². The highest BCUT2D eigenvalue weighted by molar-refractivity contribution is 5.30. The summed E-state index contributed by atoms with van der Waals surface area (Å²) >= 11 is 0. The van der Waals surface area contributed by atoms with Crippen molar-refractivity contribution in [1.82, 2.24) is 15.3 Å². The number of aromatic nitrogens is 2. The molecule has 0 saturated heterocycles. The molecule has 0 bridgehead atoms. The van der Waals surface area contributed by atoms with Crippen LogP contribution in [-0.2, 0) is 25.0 Å². The van der Waals surface area contributed by atoms with E-state index < -0.39 is 0 Å². The molecule has 5 heteroatoms. The van der Waals surface area contributed by atoms with E-state index in [0.29, 0.717) is 19.0 Å². The molecule has 0 atom stereocenters. The summed E-state index contributed by atoms with van der Waals surface area (Å²) in [4.78, 5) is 5.44. The van der Waals surface area contributed by atoms with Gasteiger partial charge in [-0.2, -0.15) is 5.48 Å². The molecule has 0 saturated carbocycles. The van der Waals surface area contributed by atoms with Gasteiger partial charge in [0.25, 0.3) is 0 Å². The molecule has 0 radical (unpaired) electrons. The fourth-order valence-electron chi connectivity index (χ4n) is 1.82. The van der Waals surface area contributed by atoms with Crippen molar-refractivity contribution < 1.29 is 9.57 Å². The first-order valence-corrected chi connectivity index (χ1v) is 6.17. The van der Waals surface area contributed by atoms with Gasteiger partial charge < -0.3 is 4.74 Å². The molecule has 102 valence electrons. The van der Waals surface area contributed by atoms with Gasteiger partial charge in [0.1, 0.15) is 0 Å². The number of benzene rings is 1. The quantitative estimate of drug-likeness (QED) is 0.638. The van der Waals surface area contributed by atoms with Gasteiger partial charge in [-0.3, -0.25) is 9.52 Å². The van der Waals surface area contributed by atoms with Crippen LogP contribution in [0.15, 0.2) is 30.3 Å². The lowest BCUT2D eigenvalue weighted by atomic mass is 10.2. The fraction of sp³-hybridized carbons (Fsp3) is 0.357. The minimum absolute atomic E-state index is 0.530. The average Bonchev–Trinajstić information content (AvgIpc) is 2.72. The Balaban J connectivity index is 1.86. The highest BCUT2D eigenvalue weighted by Crippen LogP contribution is 2.19. The highest BCUT2D eigenvalue weighted by atomic mass is 16.6. The van der Waals surface area contributed by atoms with Crippen molar-refractivity contribution >= 4 is 0 Å². The maximum Gasteiger partial charge on any atom is 0.237 e. The molecular weight excluding hydrogens is 242 g/mol. The van der Waals surface area contributed by atoms with Crippen LogP contribution in [0, 0.1) is 6.92 Å². The second kappa shape index (κ2) is 6.36. The minimum atomic E-state index is 0.530. The van der Waals surface area contributed by atoms with Crippen molar-refractivity contribution in [2.75, 3.05) is 7.11 Å². The van der Waals surface area contributed by atoms with Crippen molar-refractivity contribution in [3.8, 4) is 5.88 Å². The number of hydrogen-bond acceptors (Lipinski definition) is 4. The Morgan fingerprint density at radius 3 is 2.68 bits per heavy atom. The monoisotopic (exact) mass is 261 g/mol. The first-order chi connectivity index (χ1) is 9.22. The molecular formula is C14H19N3O2. The van der Waals surface area contributed by atoms with Crippen LogP contribution >= 0.6 is 0 Å². The van der Waals surface area contributed by atoms with Crippen LogP contribution in [-0.4, -0.2) is 16.9 Å². The van der Waals surface area contributed by atoms with Crippen LogP contribution in [0.2, 0.25) is 0 Å². The van der Waals surface area contributed by atoms with Gasteiger partial charge in [0.15, 0.2) is 0 Å². The summed E-state index contributed by atoms with van der Waals surface area (Å²) in [5, 5.41) is 4.26. The SMILES string of the molecule is COc1nn(C)c(C)c1CNOCc1ccccc1. The second-order valence-electron chi connectivity index (χ2n) is 4.29. The van der Waals surface area contributed by atoms with Crippen LogP contribution in [0.25, 0.3) is 0 Å². The molecule has 19 heavy (non-hydrogen) atoms. The van der Waals surface area contributed by atoms with Gasteiger partial charge >= 0.3 is 0 Å². The lowest BCUT2D eigenvalue weighted by Crippen LogP contribution is -2.15. The largest absolute Gasteiger partial charge is 0.480 e. The molecule has 1 heterocycles. The average molecular weight is 261 g/mol. The van der Waals surface area contributed by atoms with Gasteiger partial charge in [-0.15, -0.1) is 5.10 Å². The van der Waals surface area contributed by atoms with E-state index in [2.05, 4.69) is 10.6 Å². The third-order valence-corrected chi connectivity index (χ3v) is 3.05. The number of ether oxygens (including phenoxy) is 1. The maximum atomic E-state index is 5.44. The van der Waals surface area contributed by atoms with E-state index in [1.807, 2.05) is 44.3 Å². The number of aryl methyl sites for hydroxylation is 1. The van der Waals surface area contributed by atoms with Crippen molar-refractivity contribution in [3.05, 3.63) is 47.2 Å². The van der Waals surface area contributed by atoms with E-state index in [4.69, 9.17) is 9.57 Å². The van der Waals surface area contributed by atoms with Gasteiger partial charge in [0.05, 0.1) is 25.8 Å². The van der Waals surface area contributed by atoms with Crippen molar-refractivity contribution in [2.24, 2.45) is 7.05 Å². The lowest BCUT2D eigenvalue weighted by molar-refractivity contribution is 0.0230. The molecule has 1 aromatic heterocycles. The lowest BCUT2D eigenvalue weighted by Gasteiger charge is -2.06. The third kappa shape index (κ3) is 3.33. The maximum absolute atomic E-state index is 5.44. The van der Waals surface area contributed by atoms with Crippen LogP contribution in [0.1, 0.15) is 16.8 Å². The summed E-state index contributed by atoms with van der Waals surface area (Å²) in [6.45, 7) is 3.10.